The molecule has 0 saturated heterocycles. The van der Waals surface area contributed by atoms with E-state index >= 15 is 0 Å². The Morgan fingerprint density at radius 3 is 2.53 bits per heavy atom. The highest BCUT2D eigenvalue weighted by Gasteiger charge is 2.12. The molecule has 0 bridgehead atoms. The van der Waals surface area contributed by atoms with E-state index in [1.54, 1.807) is 11.7 Å². The van der Waals surface area contributed by atoms with Crippen molar-refractivity contribution >= 4 is 28.4 Å². The molecular formula is C13H13IN2O. The highest BCUT2D eigenvalue weighted by Crippen LogP contribution is 2.11. The zero-order valence-electron chi connectivity index (χ0n) is 9.77. The summed E-state index contributed by atoms with van der Waals surface area (Å²) < 4.78 is 2.82. The van der Waals surface area contributed by atoms with E-state index in [9.17, 15) is 4.79 Å². The van der Waals surface area contributed by atoms with E-state index in [2.05, 4.69) is 27.7 Å². The van der Waals surface area contributed by atoms with Gasteiger partial charge < -0.3 is 0 Å². The molecule has 1 aromatic heterocycles. The van der Waals surface area contributed by atoms with Gasteiger partial charge in [-0.25, -0.2) is 0 Å². The lowest BCUT2D eigenvalue weighted by Crippen LogP contribution is -2.09. The second-order valence-corrected chi connectivity index (χ2v) is 5.27. The number of carbonyl (C=O) groups is 1. The summed E-state index contributed by atoms with van der Waals surface area (Å²) in [5, 5.41) is 4.18. The summed E-state index contributed by atoms with van der Waals surface area (Å²) in [6.07, 6.45) is 0.426. The van der Waals surface area contributed by atoms with Crippen LogP contribution in [0, 0.1) is 10.5 Å². The number of hydrogen-bond donors (Lipinski definition) is 0. The first-order valence-electron chi connectivity index (χ1n) is 5.34. The normalized spacial score (nSPS) is 10.5. The molecule has 0 radical (unpaired) electrons. The number of halogens is 1. The highest BCUT2D eigenvalue weighted by molar-refractivity contribution is 14.1. The molecule has 17 heavy (non-hydrogen) atoms. The first kappa shape index (κ1) is 12.3. The molecule has 1 heterocycles. The predicted molar refractivity (Wildman–Crippen MR) is 75.1 cm³/mol. The van der Waals surface area contributed by atoms with Crippen molar-refractivity contribution in [2.45, 2.75) is 13.3 Å². The minimum absolute atomic E-state index is 0.106. The van der Waals surface area contributed by atoms with Gasteiger partial charge in [0.2, 0.25) is 0 Å². The molecule has 0 atom stereocenters. The van der Waals surface area contributed by atoms with Crippen LogP contribution >= 0.6 is 22.6 Å². The van der Waals surface area contributed by atoms with E-state index in [0.717, 1.165) is 11.3 Å². The molecule has 0 spiro atoms. The fourth-order valence-corrected chi connectivity index (χ4v) is 2.11. The number of aromatic nitrogens is 2. The quantitative estimate of drug-likeness (QED) is 0.636. The molecule has 0 aliphatic rings. The number of rotatable bonds is 3. The fraction of sp³-hybridized carbons (Fsp3) is 0.231. The largest absolute Gasteiger partial charge is 0.292 e. The van der Waals surface area contributed by atoms with Crippen LogP contribution < -0.4 is 0 Å². The third-order valence-corrected chi connectivity index (χ3v) is 3.28. The molecule has 2 rings (SSSR count). The van der Waals surface area contributed by atoms with Crippen LogP contribution in [0.4, 0.5) is 0 Å². The number of Topliss-reactive ketones (excluding diaryl/α,β-unsaturated/α-hetero) is 1. The number of benzene rings is 1. The molecule has 0 unspecified atom stereocenters. The van der Waals surface area contributed by atoms with Crippen molar-refractivity contribution in [3.05, 3.63) is 50.9 Å². The van der Waals surface area contributed by atoms with E-state index < -0.39 is 0 Å². The zero-order chi connectivity index (χ0) is 12.4. The van der Waals surface area contributed by atoms with Crippen LogP contribution in [0.1, 0.15) is 21.7 Å². The Morgan fingerprint density at radius 2 is 2.00 bits per heavy atom. The van der Waals surface area contributed by atoms with E-state index in [4.69, 9.17) is 0 Å². The van der Waals surface area contributed by atoms with Gasteiger partial charge in [0.1, 0.15) is 5.69 Å². The van der Waals surface area contributed by atoms with Gasteiger partial charge in [-0.05, 0) is 53.3 Å². The van der Waals surface area contributed by atoms with Crippen molar-refractivity contribution in [2.75, 3.05) is 0 Å². The van der Waals surface area contributed by atoms with Gasteiger partial charge in [-0.3, -0.25) is 9.48 Å². The third kappa shape index (κ3) is 2.94. The lowest BCUT2D eigenvalue weighted by Gasteiger charge is -2.02. The van der Waals surface area contributed by atoms with Crippen LogP contribution in [-0.2, 0) is 13.5 Å². The van der Waals surface area contributed by atoms with Gasteiger partial charge in [-0.1, -0.05) is 12.1 Å². The van der Waals surface area contributed by atoms with E-state index in [0.29, 0.717) is 12.1 Å². The molecule has 3 nitrogen and oxygen atoms in total. The maximum atomic E-state index is 12.1. The Morgan fingerprint density at radius 1 is 1.35 bits per heavy atom. The smallest absolute Gasteiger partial charge is 0.185 e. The number of carbonyl (C=O) groups excluding carboxylic acids is 1. The minimum Gasteiger partial charge on any atom is -0.292 e. The van der Waals surface area contributed by atoms with Crippen molar-refractivity contribution in [3.63, 3.8) is 0 Å². The SMILES string of the molecule is Cc1cc(C(=O)Cc2ccc(I)cc2)n(C)n1. The molecule has 0 aliphatic heterocycles. The molecule has 0 amide bonds. The summed E-state index contributed by atoms with van der Waals surface area (Å²) in [5.41, 5.74) is 2.58. The molecule has 4 heteroatoms. The van der Waals surface area contributed by atoms with E-state index in [1.165, 1.54) is 3.57 Å². The van der Waals surface area contributed by atoms with Crippen molar-refractivity contribution in [3.8, 4) is 0 Å². The number of ketones is 1. The fourth-order valence-electron chi connectivity index (χ4n) is 1.75. The van der Waals surface area contributed by atoms with Gasteiger partial charge in [0, 0.05) is 17.0 Å². The Balaban J connectivity index is 2.17. The first-order valence-corrected chi connectivity index (χ1v) is 6.42. The second kappa shape index (κ2) is 5.00. The molecule has 2 aromatic rings. The summed E-state index contributed by atoms with van der Waals surface area (Å²) in [7, 11) is 1.80. The summed E-state index contributed by atoms with van der Waals surface area (Å²) in [6.45, 7) is 1.89. The zero-order valence-corrected chi connectivity index (χ0v) is 11.9. The average molecular weight is 340 g/mol. The highest BCUT2D eigenvalue weighted by atomic mass is 127. The van der Waals surface area contributed by atoms with Crippen LogP contribution in [0.25, 0.3) is 0 Å². The predicted octanol–water partition coefficient (Wildman–Crippen LogP) is 2.76. The Kier molecular flexibility index (Phi) is 3.61. The molecule has 88 valence electrons. The Labute approximate surface area is 114 Å². The standard InChI is InChI=1S/C13H13IN2O/c1-9-7-12(16(2)15-9)13(17)8-10-3-5-11(14)6-4-10/h3-7H,8H2,1-2H3. The van der Waals surface area contributed by atoms with Gasteiger partial charge in [-0.15, -0.1) is 0 Å². The lowest BCUT2D eigenvalue weighted by molar-refractivity contribution is 0.0984. The van der Waals surface area contributed by atoms with Crippen LogP contribution in [0.2, 0.25) is 0 Å². The van der Waals surface area contributed by atoms with Crippen LogP contribution in [-0.4, -0.2) is 15.6 Å². The van der Waals surface area contributed by atoms with Gasteiger partial charge in [0.05, 0.1) is 5.69 Å². The second-order valence-electron chi connectivity index (χ2n) is 4.02. The average Bonchev–Trinajstić information content (AvgIpc) is 2.61. The summed E-state index contributed by atoms with van der Waals surface area (Å²) in [5.74, 6) is 0.106. The Hall–Kier alpha value is -1.17. The lowest BCUT2D eigenvalue weighted by atomic mass is 10.1. The van der Waals surface area contributed by atoms with E-state index in [1.807, 2.05) is 37.3 Å². The van der Waals surface area contributed by atoms with Crippen molar-refractivity contribution in [1.82, 2.24) is 9.78 Å². The van der Waals surface area contributed by atoms with Crippen molar-refractivity contribution < 1.29 is 4.79 Å². The van der Waals surface area contributed by atoms with Gasteiger partial charge in [0.15, 0.2) is 5.78 Å². The maximum absolute atomic E-state index is 12.1. The van der Waals surface area contributed by atoms with Crippen molar-refractivity contribution in [1.29, 1.82) is 0 Å². The molecule has 0 aliphatic carbocycles. The summed E-state index contributed by atoms with van der Waals surface area (Å²) >= 11 is 2.25. The third-order valence-electron chi connectivity index (χ3n) is 2.57. The van der Waals surface area contributed by atoms with Crippen LogP contribution in [0.5, 0.6) is 0 Å². The van der Waals surface area contributed by atoms with Crippen LogP contribution in [0.3, 0.4) is 0 Å². The number of nitrogens with zero attached hydrogens (tertiary/aromatic N) is 2. The minimum atomic E-state index is 0.106. The van der Waals surface area contributed by atoms with Gasteiger partial charge in [-0.2, -0.15) is 5.10 Å². The molecule has 0 fully saturated rings. The summed E-state index contributed by atoms with van der Waals surface area (Å²) in [4.78, 5) is 12.1. The van der Waals surface area contributed by atoms with Crippen LogP contribution in [0.15, 0.2) is 30.3 Å². The summed E-state index contributed by atoms with van der Waals surface area (Å²) in [6, 6.07) is 9.83. The Bertz CT molecular complexity index is 543. The first-order chi connectivity index (χ1) is 8.06. The molecule has 0 N–H and O–H groups in total. The number of hydrogen-bond acceptors (Lipinski definition) is 2. The van der Waals surface area contributed by atoms with Crippen molar-refractivity contribution in [2.24, 2.45) is 7.05 Å². The molecule has 0 saturated carbocycles. The maximum Gasteiger partial charge on any atom is 0.185 e. The molecular weight excluding hydrogens is 327 g/mol. The van der Waals surface area contributed by atoms with Gasteiger partial charge >= 0.3 is 0 Å². The van der Waals surface area contributed by atoms with Gasteiger partial charge in [0.25, 0.3) is 0 Å². The van der Waals surface area contributed by atoms with E-state index in [-0.39, 0.29) is 5.78 Å². The topological polar surface area (TPSA) is 34.9 Å². The monoisotopic (exact) mass is 340 g/mol. The molecule has 1 aromatic carbocycles. The number of aryl methyl sites for hydroxylation is 2.